The molecule has 0 atom stereocenters. The third-order valence-corrected chi connectivity index (χ3v) is 6.28. The van der Waals surface area contributed by atoms with E-state index in [4.69, 9.17) is 0 Å². The number of hydrogen-bond donors (Lipinski definition) is 1. The monoisotopic (exact) mass is 452 g/mol. The summed E-state index contributed by atoms with van der Waals surface area (Å²) < 4.78 is 65.4. The highest BCUT2D eigenvalue weighted by atomic mass is 32.2. The molecule has 0 spiro atoms. The molecule has 3 rings (SSSR count). The number of halogens is 3. The van der Waals surface area contributed by atoms with Gasteiger partial charge in [0.25, 0.3) is 0 Å². The molecule has 0 saturated carbocycles. The van der Waals surface area contributed by atoms with Gasteiger partial charge in [-0.05, 0) is 24.3 Å². The average Bonchev–Trinajstić information content (AvgIpc) is 3.14. The van der Waals surface area contributed by atoms with Gasteiger partial charge in [-0.15, -0.1) is 0 Å². The number of pyridine rings is 1. The smallest absolute Gasteiger partial charge is 0.282 e. The molecule has 3 aromatic rings. The maximum atomic E-state index is 13.0. The topological polar surface area (TPSA) is 79.0 Å². The molecule has 1 aromatic carbocycles. The molecule has 0 fully saturated rings. The number of nitrogens with zero attached hydrogens (tertiary/aromatic N) is 3. The number of rotatable bonds is 6. The number of aromatic amines is 1. The second-order valence-corrected chi connectivity index (χ2v) is 10.1. The van der Waals surface area contributed by atoms with Gasteiger partial charge in [0.2, 0.25) is 10.0 Å². The number of hydrogen-bond acceptors (Lipinski definition) is 4. The van der Waals surface area contributed by atoms with Crippen LogP contribution in [0.5, 0.6) is 0 Å². The Bertz CT molecular complexity index is 1120. The van der Waals surface area contributed by atoms with Crippen LogP contribution in [-0.2, 0) is 22.0 Å². The number of nitrogens with one attached hydrogen (secondary N) is 1. The van der Waals surface area contributed by atoms with Crippen LogP contribution in [0.4, 0.5) is 18.9 Å². The SMILES string of the molecule is CC(C)(C)c1[nH]ncc1CN(c1ccc(-c2ccccn2)cc1)S(=O)(=O)CC(F)(F)F. The van der Waals surface area contributed by atoms with Crippen molar-refractivity contribution in [1.29, 1.82) is 0 Å². The van der Waals surface area contributed by atoms with Gasteiger partial charge in [0.15, 0.2) is 5.75 Å². The summed E-state index contributed by atoms with van der Waals surface area (Å²) in [6.45, 7) is 5.44. The molecule has 166 valence electrons. The third kappa shape index (κ3) is 5.63. The van der Waals surface area contributed by atoms with E-state index in [1.54, 1.807) is 30.5 Å². The molecular formula is C21H23F3N4O2S. The van der Waals surface area contributed by atoms with Gasteiger partial charge in [-0.25, -0.2) is 8.42 Å². The summed E-state index contributed by atoms with van der Waals surface area (Å²) in [5, 5.41) is 6.80. The fraction of sp³-hybridized carbons (Fsp3) is 0.333. The van der Waals surface area contributed by atoms with Crippen LogP contribution < -0.4 is 4.31 Å². The van der Waals surface area contributed by atoms with Crippen molar-refractivity contribution in [3.8, 4) is 11.3 Å². The highest BCUT2D eigenvalue weighted by Gasteiger charge is 2.39. The highest BCUT2D eigenvalue weighted by molar-refractivity contribution is 7.92. The molecule has 0 unspecified atom stereocenters. The van der Waals surface area contributed by atoms with Crippen LogP contribution in [0, 0.1) is 0 Å². The first-order valence-electron chi connectivity index (χ1n) is 9.48. The Hall–Kier alpha value is -2.88. The minimum Gasteiger partial charge on any atom is -0.282 e. The standard InChI is InChI=1S/C21H23F3N4O2S/c1-20(2,3)19-16(12-26-27-19)13-28(31(29,30)14-21(22,23)24)17-9-7-15(8-10-17)18-6-4-5-11-25-18/h4-12H,13-14H2,1-3H3,(H,26,27). The largest absolute Gasteiger partial charge is 0.404 e. The Kier molecular flexibility index (Phi) is 6.13. The van der Waals surface area contributed by atoms with Crippen LogP contribution in [0.2, 0.25) is 0 Å². The molecular weight excluding hydrogens is 429 g/mol. The van der Waals surface area contributed by atoms with Gasteiger partial charge in [-0.2, -0.15) is 18.3 Å². The Morgan fingerprint density at radius 2 is 1.71 bits per heavy atom. The summed E-state index contributed by atoms with van der Waals surface area (Å²) >= 11 is 0. The van der Waals surface area contributed by atoms with Crippen molar-refractivity contribution >= 4 is 15.7 Å². The Balaban J connectivity index is 2.02. The zero-order valence-electron chi connectivity index (χ0n) is 17.3. The summed E-state index contributed by atoms with van der Waals surface area (Å²) in [5.41, 5.74) is 2.29. The minimum absolute atomic E-state index is 0.130. The van der Waals surface area contributed by atoms with E-state index in [0.717, 1.165) is 9.87 Å². The number of anilines is 1. The lowest BCUT2D eigenvalue weighted by atomic mass is 9.89. The number of benzene rings is 1. The van der Waals surface area contributed by atoms with E-state index in [0.29, 0.717) is 17.0 Å². The molecule has 0 saturated heterocycles. The average molecular weight is 453 g/mol. The lowest BCUT2D eigenvalue weighted by Gasteiger charge is -2.27. The van der Waals surface area contributed by atoms with Crippen LogP contribution >= 0.6 is 0 Å². The summed E-state index contributed by atoms with van der Waals surface area (Å²) in [6.07, 6.45) is -1.80. The Labute approximate surface area is 179 Å². The van der Waals surface area contributed by atoms with Gasteiger partial charge in [0.1, 0.15) is 0 Å². The lowest BCUT2D eigenvalue weighted by molar-refractivity contribution is -0.106. The molecule has 0 aliphatic heterocycles. The predicted octanol–water partition coefficient (Wildman–Crippen LogP) is 4.67. The highest BCUT2D eigenvalue weighted by Crippen LogP contribution is 2.31. The molecule has 6 nitrogen and oxygen atoms in total. The molecule has 0 amide bonds. The lowest BCUT2D eigenvalue weighted by Crippen LogP contribution is -2.38. The van der Waals surface area contributed by atoms with Crippen LogP contribution in [0.3, 0.4) is 0 Å². The Morgan fingerprint density at radius 1 is 1.03 bits per heavy atom. The van der Waals surface area contributed by atoms with Crippen LogP contribution in [0.25, 0.3) is 11.3 Å². The molecule has 2 heterocycles. The molecule has 0 aliphatic carbocycles. The summed E-state index contributed by atoms with van der Waals surface area (Å²) in [5.74, 6) is -1.95. The van der Waals surface area contributed by atoms with E-state index in [2.05, 4.69) is 15.2 Å². The van der Waals surface area contributed by atoms with Crippen molar-refractivity contribution in [2.75, 3.05) is 10.1 Å². The zero-order valence-corrected chi connectivity index (χ0v) is 18.1. The quantitative estimate of drug-likeness (QED) is 0.590. The molecule has 0 bridgehead atoms. The van der Waals surface area contributed by atoms with E-state index >= 15 is 0 Å². The number of alkyl halides is 3. The van der Waals surface area contributed by atoms with E-state index in [9.17, 15) is 21.6 Å². The first-order valence-corrected chi connectivity index (χ1v) is 11.1. The second kappa shape index (κ2) is 8.33. The van der Waals surface area contributed by atoms with Gasteiger partial charge in [0, 0.05) is 28.4 Å². The second-order valence-electron chi connectivity index (χ2n) is 8.16. The number of aromatic nitrogens is 3. The van der Waals surface area contributed by atoms with Crippen LogP contribution in [-0.4, -0.2) is 35.5 Å². The maximum absolute atomic E-state index is 13.0. The maximum Gasteiger partial charge on any atom is 0.404 e. The van der Waals surface area contributed by atoms with E-state index in [-0.39, 0.29) is 12.2 Å². The predicted molar refractivity (Wildman–Crippen MR) is 113 cm³/mol. The van der Waals surface area contributed by atoms with E-state index in [1.807, 2.05) is 26.8 Å². The van der Waals surface area contributed by atoms with Crippen molar-refractivity contribution in [2.45, 2.75) is 38.9 Å². The van der Waals surface area contributed by atoms with Crippen molar-refractivity contribution in [2.24, 2.45) is 0 Å². The first kappa shape index (κ1) is 22.8. The van der Waals surface area contributed by atoms with E-state index in [1.165, 1.54) is 18.3 Å². The van der Waals surface area contributed by atoms with Crippen molar-refractivity contribution in [1.82, 2.24) is 15.2 Å². The molecule has 31 heavy (non-hydrogen) atoms. The van der Waals surface area contributed by atoms with Gasteiger partial charge >= 0.3 is 6.18 Å². The van der Waals surface area contributed by atoms with Gasteiger partial charge < -0.3 is 0 Å². The summed E-state index contributed by atoms with van der Waals surface area (Å²) in [4.78, 5) is 4.23. The van der Waals surface area contributed by atoms with Gasteiger partial charge in [0.05, 0.1) is 24.1 Å². The summed E-state index contributed by atoms with van der Waals surface area (Å²) in [6, 6.07) is 11.6. The zero-order chi connectivity index (χ0) is 22.9. The van der Waals surface area contributed by atoms with Gasteiger partial charge in [-0.3, -0.25) is 14.4 Å². The molecule has 0 radical (unpaired) electrons. The molecule has 10 heteroatoms. The molecule has 0 aliphatic rings. The van der Waals surface area contributed by atoms with Crippen molar-refractivity contribution in [3.63, 3.8) is 0 Å². The number of H-pyrrole nitrogens is 1. The summed E-state index contributed by atoms with van der Waals surface area (Å²) in [7, 11) is -4.70. The molecule has 2 aromatic heterocycles. The Morgan fingerprint density at radius 3 is 2.26 bits per heavy atom. The van der Waals surface area contributed by atoms with Crippen LogP contribution in [0.1, 0.15) is 32.0 Å². The first-order chi connectivity index (χ1) is 14.4. The van der Waals surface area contributed by atoms with E-state index < -0.39 is 27.4 Å². The van der Waals surface area contributed by atoms with Crippen LogP contribution in [0.15, 0.2) is 54.9 Å². The van der Waals surface area contributed by atoms with Crippen molar-refractivity contribution < 1.29 is 21.6 Å². The number of sulfonamides is 1. The normalized spacial score (nSPS) is 12.7. The third-order valence-electron chi connectivity index (χ3n) is 4.58. The molecule has 1 N–H and O–H groups in total. The van der Waals surface area contributed by atoms with Crippen molar-refractivity contribution in [3.05, 3.63) is 66.1 Å². The van der Waals surface area contributed by atoms with Gasteiger partial charge in [-0.1, -0.05) is 39.0 Å². The fourth-order valence-electron chi connectivity index (χ4n) is 3.20. The minimum atomic E-state index is -4.87. The fourth-order valence-corrected chi connectivity index (χ4v) is 4.55.